The molecule has 5 heteroatoms. The van der Waals surface area contributed by atoms with Crippen molar-refractivity contribution in [3.8, 4) is 5.75 Å². The SMILES string of the molecule is COc1cccc2c(=O)cc(CN3CCSCC3)oc12. The zero-order chi connectivity index (χ0) is 13.9. The van der Waals surface area contributed by atoms with Crippen molar-refractivity contribution in [1.82, 2.24) is 4.90 Å². The number of hydrogen-bond donors (Lipinski definition) is 0. The third-order valence-electron chi connectivity index (χ3n) is 3.47. The van der Waals surface area contributed by atoms with Crippen LogP contribution in [0.25, 0.3) is 11.0 Å². The average molecular weight is 291 g/mol. The van der Waals surface area contributed by atoms with Gasteiger partial charge >= 0.3 is 0 Å². The summed E-state index contributed by atoms with van der Waals surface area (Å²) >= 11 is 1.97. The zero-order valence-corrected chi connectivity index (χ0v) is 12.2. The van der Waals surface area contributed by atoms with Crippen molar-refractivity contribution in [2.24, 2.45) is 0 Å². The van der Waals surface area contributed by atoms with Gasteiger partial charge in [-0.05, 0) is 12.1 Å². The Labute approximate surface area is 121 Å². The Balaban J connectivity index is 1.97. The predicted octanol–water partition coefficient (Wildman–Crippen LogP) is 2.35. The van der Waals surface area contributed by atoms with Gasteiger partial charge in [-0.25, -0.2) is 0 Å². The second-order valence-corrected chi connectivity index (χ2v) is 6.03. The number of thioether (sulfide) groups is 1. The monoisotopic (exact) mass is 291 g/mol. The first-order valence-corrected chi connectivity index (χ1v) is 7.83. The molecule has 2 aromatic rings. The van der Waals surface area contributed by atoms with E-state index in [-0.39, 0.29) is 5.43 Å². The van der Waals surface area contributed by atoms with Gasteiger partial charge in [-0.1, -0.05) is 6.07 Å². The van der Waals surface area contributed by atoms with Crippen LogP contribution in [0.1, 0.15) is 5.76 Å². The second-order valence-electron chi connectivity index (χ2n) is 4.80. The normalized spacial score (nSPS) is 16.4. The van der Waals surface area contributed by atoms with Gasteiger partial charge in [0.05, 0.1) is 19.0 Å². The summed E-state index contributed by atoms with van der Waals surface area (Å²) in [5.41, 5.74) is 0.537. The summed E-state index contributed by atoms with van der Waals surface area (Å²) in [6, 6.07) is 6.99. The first kappa shape index (κ1) is 13.5. The maximum atomic E-state index is 12.2. The van der Waals surface area contributed by atoms with Crippen LogP contribution in [0.3, 0.4) is 0 Å². The van der Waals surface area contributed by atoms with Gasteiger partial charge in [0.15, 0.2) is 16.8 Å². The van der Waals surface area contributed by atoms with Crippen molar-refractivity contribution in [1.29, 1.82) is 0 Å². The minimum Gasteiger partial charge on any atom is -0.493 e. The molecule has 3 rings (SSSR count). The molecule has 0 saturated carbocycles. The van der Waals surface area contributed by atoms with Crippen molar-refractivity contribution >= 4 is 22.7 Å². The summed E-state index contributed by atoms with van der Waals surface area (Å²) < 4.78 is 11.2. The molecule has 0 amide bonds. The second kappa shape index (κ2) is 5.89. The molecular weight excluding hydrogens is 274 g/mol. The minimum absolute atomic E-state index is 0.00784. The third-order valence-corrected chi connectivity index (χ3v) is 4.42. The number of rotatable bonds is 3. The van der Waals surface area contributed by atoms with Crippen molar-refractivity contribution in [3.05, 3.63) is 40.2 Å². The topological polar surface area (TPSA) is 42.7 Å². The van der Waals surface area contributed by atoms with E-state index < -0.39 is 0 Å². The van der Waals surface area contributed by atoms with Crippen molar-refractivity contribution in [2.45, 2.75) is 6.54 Å². The molecule has 0 aliphatic carbocycles. The molecule has 1 aromatic carbocycles. The fourth-order valence-electron chi connectivity index (χ4n) is 2.42. The number of ether oxygens (including phenoxy) is 1. The molecule has 1 saturated heterocycles. The molecule has 0 atom stereocenters. The highest BCUT2D eigenvalue weighted by molar-refractivity contribution is 7.99. The van der Waals surface area contributed by atoms with Gasteiger partial charge in [0.1, 0.15) is 5.76 Å². The van der Waals surface area contributed by atoms with Crippen LogP contribution in [-0.4, -0.2) is 36.6 Å². The summed E-state index contributed by atoms with van der Waals surface area (Å²) in [4.78, 5) is 14.5. The molecule has 0 spiro atoms. The van der Waals surface area contributed by atoms with E-state index in [1.807, 2.05) is 17.8 Å². The Kier molecular flexibility index (Phi) is 3.98. The molecule has 0 unspecified atom stereocenters. The molecule has 4 nitrogen and oxygen atoms in total. The Hall–Kier alpha value is -1.46. The lowest BCUT2D eigenvalue weighted by Gasteiger charge is -2.25. The Bertz CT molecular complexity index is 662. The van der Waals surface area contributed by atoms with Gasteiger partial charge in [-0.2, -0.15) is 11.8 Å². The summed E-state index contributed by atoms with van der Waals surface area (Å²) in [6.45, 7) is 2.76. The predicted molar refractivity (Wildman–Crippen MR) is 81.6 cm³/mol. The van der Waals surface area contributed by atoms with Gasteiger partial charge in [-0.15, -0.1) is 0 Å². The van der Waals surface area contributed by atoms with Gasteiger partial charge < -0.3 is 9.15 Å². The van der Waals surface area contributed by atoms with Crippen molar-refractivity contribution < 1.29 is 9.15 Å². The van der Waals surface area contributed by atoms with E-state index in [0.717, 1.165) is 24.6 Å². The molecule has 1 fully saturated rings. The summed E-state index contributed by atoms with van der Waals surface area (Å²) in [7, 11) is 1.59. The molecule has 0 bridgehead atoms. The molecule has 20 heavy (non-hydrogen) atoms. The fraction of sp³-hybridized carbons (Fsp3) is 0.400. The lowest BCUT2D eigenvalue weighted by molar-refractivity contribution is 0.268. The first-order valence-electron chi connectivity index (χ1n) is 6.68. The summed E-state index contributed by atoms with van der Waals surface area (Å²) in [5, 5.41) is 0.572. The smallest absolute Gasteiger partial charge is 0.193 e. The van der Waals surface area contributed by atoms with Gasteiger partial charge in [-0.3, -0.25) is 9.69 Å². The highest BCUT2D eigenvalue weighted by Crippen LogP contribution is 2.24. The third kappa shape index (κ3) is 2.69. The molecule has 0 N–H and O–H groups in total. The Morgan fingerprint density at radius 3 is 2.90 bits per heavy atom. The molecule has 2 heterocycles. The van der Waals surface area contributed by atoms with E-state index in [4.69, 9.17) is 9.15 Å². The first-order chi connectivity index (χ1) is 9.78. The lowest BCUT2D eigenvalue weighted by Crippen LogP contribution is -2.32. The van der Waals surface area contributed by atoms with Gasteiger partial charge in [0.2, 0.25) is 0 Å². The van der Waals surface area contributed by atoms with Crippen LogP contribution >= 0.6 is 11.8 Å². The number of fused-ring (bicyclic) bond motifs is 1. The van der Waals surface area contributed by atoms with Crippen LogP contribution in [0, 0.1) is 0 Å². The molecule has 1 aliphatic heterocycles. The van der Waals surface area contributed by atoms with Crippen LogP contribution in [-0.2, 0) is 6.54 Å². The van der Waals surface area contributed by atoms with Crippen LogP contribution in [0.5, 0.6) is 5.75 Å². The summed E-state index contributed by atoms with van der Waals surface area (Å²) in [6.07, 6.45) is 0. The molecule has 1 aromatic heterocycles. The van der Waals surface area contributed by atoms with Crippen molar-refractivity contribution in [3.63, 3.8) is 0 Å². The van der Waals surface area contributed by atoms with Gasteiger partial charge in [0, 0.05) is 30.7 Å². The molecular formula is C15H17NO3S. The maximum Gasteiger partial charge on any atom is 0.193 e. The number of nitrogens with zero attached hydrogens (tertiary/aromatic N) is 1. The van der Waals surface area contributed by atoms with E-state index in [9.17, 15) is 4.79 Å². The molecule has 106 valence electrons. The summed E-state index contributed by atoms with van der Waals surface area (Å²) in [5.74, 6) is 3.59. The number of hydrogen-bond acceptors (Lipinski definition) is 5. The molecule has 0 radical (unpaired) electrons. The maximum absolute atomic E-state index is 12.2. The van der Waals surface area contributed by atoms with Crippen LogP contribution in [0.4, 0.5) is 0 Å². The van der Waals surface area contributed by atoms with E-state index >= 15 is 0 Å². The van der Waals surface area contributed by atoms with E-state index in [2.05, 4.69) is 4.90 Å². The van der Waals surface area contributed by atoms with E-state index in [1.54, 1.807) is 25.3 Å². The van der Waals surface area contributed by atoms with E-state index in [0.29, 0.717) is 29.0 Å². The lowest BCUT2D eigenvalue weighted by atomic mass is 10.2. The van der Waals surface area contributed by atoms with Crippen molar-refractivity contribution in [2.75, 3.05) is 31.7 Å². The number of methoxy groups -OCH3 is 1. The van der Waals surface area contributed by atoms with Crippen LogP contribution in [0.15, 0.2) is 33.5 Å². The Morgan fingerprint density at radius 1 is 1.35 bits per heavy atom. The van der Waals surface area contributed by atoms with Crippen LogP contribution in [0.2, 0.25) is 0 Å². The standard InChI is InChI=1S/C15H17NO3S/c1-18-14-4-2-3-12-13(17)9-11(19-15(12)14)10-16-5-7-20-8-6-16/h2-4,9H,5-8,10H2,1H3. The van der Waals surface area contributed by atoms with Gasteiger partial charge in [0.25, 0.3) is 0 Å². The number of benzene rings is 1. The average Bonchev–Trinajstić information content (AvgIpc) is 2.48. The fourth-order valence-corrected chi connectivity index (χ4v) is 3.40. The molecule has 1 aliphatic rings. The highest BCUT2D eigenvalue weighted by atomic mass is 32.2. The largest absolute Gasteiger partial charge is 0.493 e. The van der Waals surface area contributed by atoms with E-state index in [1.165, 1.54) is 0 Å². The Morgan fingerprint density at radius 2 is 2.15 bits per heavy atom. The highest BCUT2D eigenvalue weighted by Gasteiger charge is 2.14. The van der Waals surface area contributed by atoms with Crippen LogP contribution < -0.4 is 10.2 Å². The quantitative estimate of drug-likeness (QED) is 0.868. The minimum atomic E-state index is -0.00784. The number of para-hydroxylation sites is 1. The zero-order valence-electron chi connectivity index (χ0n) is 11.4.